The lowest BCUT2D eigenvalue weighted by Gasteiger charge is -1.97. The molecule has 2 rings (SSSR count). The molecule has 0 saturated carbocycles. The van der Waals surface area contributed by atoms with Crippen LogP contribution in [-0.4, -0.2) is 10.2 Å². The molecule has 0 atom stereocenters. The van der Waals surface area contributed by atoms with E-state index >= 15 is 0 Å². The van der Waals surface area contributed by atoms with Gasteiger partial charge in [0, 0.05) is 14.5 Å². The van der Waals surface area contributed by atoms with Crippen molar-refractivity contribution in [3.63, 3.8) is 0 Å². The minimum atomic E-state index is 0.521. The van der Waals surface area contributed by atoms with Gasteiger partial charge in [-0.15, -0.1) is 10.2 Å². The molecule has 0 bridgehead atoms. The van der Waals surface area contributed by atoms with Crippen molar-refractivity contribution in [2.45, 2.75) is 0 Å². The summed E-state index contributed by atoms with van der Waals surface area (Å²) in [5, 5.41) is 7.41. The van der Waals surface area contributed by atoms with Gasteiger partial charge in [-0.1, -0.05) is 0 Å². The van der Waals surface area contributed by atoms with Crippen molar-refractivity contribution in [1.29, 1.82) is 0 Å². The van der Waals surface area contributed by atoms with Crippen LogP contribution in [0.2, 0.25) is 0 Å². The molecule has 1 heterocycles. The average molecular weight is 304 g/mol. The standard InChI is InChI=1S/C8H4Br2N2O/c9-6-2-1-5(3-7(6)10)8-12-11-4-13-8/h1-4H. The van der Waals surface area contributed by atoms with E-state index in [1.165, 1.54) is 6.39 Å². The Labute approximate surface area is 91.4 Å². The maximum Gasteiger partial charge on any atom is 0.247 e. The first-order valence-corrected chi connectivity index (χ1v) is 5.07. The van der Waals surface area contributed by atoms with Crippen LogP contribution in [0, 0.1) is 0 Å². The SMILES string of the molecule is Brc1ccc(-c2nnco2)cc1Br. The van der Waals surface area contributed by atoms with Gasteiger partial charge in [0.25, 0.3) is 0 Å². The second-order valence-electron chi connectivity index (χ2n) is 2.37. The fraction of sp³-hybridized carbons (Fsp3) is 0. The second kappa shape index (κ2) is 3.59. The zero-order valence-corrected chi connectivity index (χ0v) is 9.54. The van der Waals surface area contributed by atoms with E-state index in [2.05, 4.69) is 42.1 Å². The molecule has 3 nitrogen and oxygen atoms in total. The van der Waals surface area contributed by atoms with Crippen molar-refractivity contribution in [2.75, 3.05) is 0 Å². The number of hydrogen-bond acceptors (Lipinski definition) is 3. The molecule has 13 heavy (non-hydrogen) atoms. The summed E-state index contributed by atoms with van der Waals surface area (Å²) < 4.78 is 7.01. The molecule has 0 amide bonds. The highest BCUT2D eigenvalue weighted by Gasteiger charge is 2.04. The van der Waals surface area contributed by atoms with Gasteiger partial charge in [-0.25, -0.2) is 0 Å². The molecule has 5 heteroatoms. The van der Waals surface area contributed by atoms with Crippen LogP contribution < -0.4 is 0 Å². The van der Waals surface area contributed by atoms with Crippen molar-refractivity contribution >= 4 is 31.9 Å². The highest BCUT2D eigenvalue weighted by Crippen LogP contribution is 2.27. The van der Waals surface area contributed by atoms with Crippen molar-refractivity contribution in [3.05, 3.63) is 33.5 Å². The van der Waals surface area contributed by atoms with Crippen LogP contribution in [0.25, 0.3) is 11.5 Å². The minimum Gasteiger partial charge on any atom is -0.423 e. The maximum absolute atomic E-state index is 5.06. The minimum absolute atomic E-state index is 0.521. The fourth-order valence-corrected chi connectivity index (χ4v) is 1.55. The highest BCUT2D eigenvalue weighted by atomic mass is 79.9. The molecule has 0 N–H and O–H groups in total. The number of aromatic nitrogens is 2. The number of halogens is 2. The summed E-state index contributed by atoms with van der Waals surface area (Å²) >= 11 is 6.77. The van der Waals surface area contributed by atoms with Crippen LogP contribution in [0.15, 0.2) is 38.0 Å². The monoisotopic (exact) mass is 302 g/mol. The zero-order chi connectivity index (χ0) is 9.26. The summed E-state index contributed by atoms with van der Waals surface area (Å²) in [6, 6.07) is 5.74. The molecule has 66 valence electrons. The molecule has 0 aliphatic rings. The van der Waals surface area contributed by atoms with Gasteiger partial charge in [0.2, 0.25) is 12.3 Å². The van der Waals surface area contributed by atoms with E-state index in [4.69, 9.17) is 4.42 Å². The van der Waals surface area contributed by atoms with Crippen LogP contribution in [0.3, 0.4) is 0 Å². The van der Waals surface area contributed by atoms with Crippen LogP contribution in [0.5, 0.6) is 0 Å². The predicted octanol–water partition coefficient (Wildman–Crippen LogP) is 3.26. The zero-order valence-electron chi connectivity index (χ0n) is 6.37. The molecule has 0 unspecified atom stereocenters. The molecule has 0 radical (unpaired) electrons. The van der Waals surface area contributed by atoms with Crippen LogP contribution in [0.1, 0.15) is 0 Å². The van der Waals surface area contributed by atoms with E-state index in [0.717, 1.165) is 14.5 Å². The van der Waals surface area contributed by atoms with Crippen molar-refractivity contribution in [1.82, 2.24) is 10.2 Å². The van der Waals surface area contributed by atoms with Crippen molar-refractivity contribution in [3.8, 4) is 11.5 Å². The van der Waals surface area contributed by atoms with Gasteiger partial charge in [-0.2, -0.15) is 0 Å². The number of benzene rings is 1. The quantitative estimate of drug-likeness (QED) is 0.811. The van der Waals surface area contributed by atoms with E-state index in [-0.39, 0.29) is 0 Å². The summed E-state index contributed by atoms with van der Waals surface area (Å²) in [6.45, 7) is 0. The lowest BCUT2D eigenvalue weighted by atomic mass is 10.2. The summed E-state index contributed by atoms with van der Waals surface area (Å²) in [4.78, 5) is 0. The van der Waals surface area contributed by atoms with E-state index in [9.17, 15) is 0 Å². The predicted molar refractivity (Wildman–Crippen MR) is 55.1 cm³/mol. The van der Waals surface area contributed by atoms with Gasteiger partial charge in [-0.05, 0) is 50.1 Å². The van der Waals surface area contributed by atoms with E-state index in [1.807, 2.05) is 18.2 Å². The smallest absolute Gasteiger partial charge is 0.247 e. The van der Waals surface area contributed by atoms with Crippen LogP contribution in [-0.2, 0) is 0 Å². The topological polar surface area (TPSA) is 38.9 Å². The van der Waals surface area contributed by atoms with Crippen molar-refractivity contribution in [2.24, 2.45) is 0 Å². The molecule has 0 saturated heterocycles. The summed E-state index contributed by atoms with van der Waals surface area (Å²) in [5.41, 5.74) is 0.896. The third-order valence-corrected chi connectivity index (χ3v) is 3.41. The molecule has 0 aliphatic heterocycles. The molecule has 0 fully saturated rings. The molecule has 0 aliphatic carbocycles. The van der Waals surface area contributed by atoms with Gasteiger partial charge in [0.15, 0.2) is 0 Å². The number of hydrogen-bond donors (Lipinski definition) is 0. The third kappa shape index (κ3) is 1.81. The first-order chi connectivity index (χ1) is 6.27. The van der Waals surface area contributed by atoms with E-state index in [1.54, 1.807) is 0 Å². The Bertz CT molecular complexity index is 414. The Hall–Kier alpha value is -0.680. The molecule has 0 spiro atoms. The molecular weight excluding hydrogens is 300 g/mol. The largest absolute Gasteiger partial charge is 0.423 e. The van der Waals surface area contributed by atoms with Gasteiger partial charge >= 0.3 is 0 Å². The lowest BCUT2D eigenvalue weighted by Crippen LogP contribution is -1.78. The summed E-state index contributed by atoms with van der Waals surface area (Å²) in [5.74, 6) is 0.521. The van der Waals surface area contributed by atoms with E-state index < -0.39 is 0 Å². The first-order valence-electron chi connectivity index (χ1n) is 3.49. The maximum atomic E-state index is 5.06. The molecule has 2 aromatic rings. The summed E-state index contributed by atoms with van der Waals surface area (Å²) in [7, 11) is 0. The van der Waals surface area contributed by atoms with Crippen LogP contribution >= 0.6 is 31.9 Å². The second-order valence-corrected chi connectivity index (χ2v) is 4.08. The first kappa shape index (κ1) is 8.90. The van der Waals surface area contributed by atoms with Gasteiger partial charge < -0.3 is 4.42 Å². The molecular formula is C8H4Br2N2O. The number of rotatable bonds is 1. The third-order valence-electron chi connectivity index (χ3n) is 1.53. The Morgan fingerprint density at radius 2 is 2.00 bits per heavy atom. The Morgan fingerprint density at radius 3 is 2.62 bits per heavy atom. The van der Waals surface area contributed by atoms with E-state index in [0.29, 0.717) is 5.89 Å². The average Bonchev–Trinajstić information content (AvgIpc) is 2.62. The normalized spacial score (nSPS) is 10.3. The fourth-order valence-electron chi connectivity index (χ4n) is 0.928. The van der Waals surface area contributed by atoms with Crippen LogP contribution in [0.4, 0.5) is 0 Å². The lowest BCUT2D eigenvalue weighted by molar-refractivity contribution is 0.568. The Morgan fingerprint density at radius 1 is 1.15 bits per heavy atom. The summed E-state index contributed by atoms with van der Waals surface area (Å²) in [6.07, 6.45) is 1.31. The van der Waals surface area contributed by atoms with Gasteiger partial charge in [-0.3, -0.25) is 0 Å². The molecule has 1 aromatic carbocycles. The van der Waals surface area contributed by atoms with Gasteiger partial charge in [0.05, 0.1) is 0 Å². The Kier molecular flexibility index (Phi) is 2.46. The van der Waals surface area contributed by atoms with Gasteiger partial charge in [0.1, 0.15) is 0 Å². The van der Waals surface area contributed by atoms with Crippen molar-refractivity contribution < 1.29 is 4.42 Å². The highest BCUT2D eigenvalue weighted by molar-refractivity contribution is 9.13. The number of nitrogens with zero attached hydrogens (tertiary/aromatic N) is 2. The Balaban J connectivity index is 2.49. The molecule has 1 aromatic heterocycles.